The van der Waals surface area contributed by atoms with Crippen LogP contribution in [-0.4, -0.2) is 19.4 Å². The Kier molecular flexibility index (Phi) is 4.41. The molecule has 0 saturated heterocycles. The van der Waals surface area contributed by atoms with Crippen LogP contribution in [0.25, 0.3) is 0 Å². The fraction of sp³-hybridized carbons (Fsp3) is 0.571. The van der Waals surface area contributed by atoms with E-state index in [9.17, 15) is 8.42 Å². The van der Waals surface area contributed by atoms with E-state index in [1.54, 1.807) is 0 Å². The van der Waals surface area contributed by atoms with Crippen molar-refractivity contribution in [3.05, 3.63) is 24.0 Å². The van der Waals surface area contributed by atoms with E-state index in [-0.39, 0.29) is 16.6 Å². The lowest BCUT2D eigenvalue weighted by Crippen LogP contribution is -2.39. The molecule has 0 aliphatic heterocycles. The fourth-order valence-corrected chi connectivity index (χ4v) is 3.78. The molecular weight excluding hydrogens is 274 g/mol. The summed E-state index contributed by atoms with van der Waals surface area (Å²) in [5.41, 5.74) is 0.212. The Hall–Kier alpha value is -1.45. The van der Waals surface area contributed by atoms with Crippen molar-refractivity contribution in [1.82, 2.24) is 9.71 Å². The van der Waals surface area contributed by atoms with Crippen LogP contribution in [0.15, 0.2) is 23.2 Å². The van der Waals surface area contributed by atoms with Gasteiger partial charge < -0.3 is 0 Å². The predicted molar refractivity (Wildman–Crippen MR) is 75.2 cm³/mol. The Bertz CT molecular complexity index is 604. The van der Waals surface area contributed by atoms with E-state index in [4.69, 9.17) is 5.26 Å². The molecule has 20 heavy (non-hydrogen) atoms. The van der Waals surface area contributed by atoms with Crippen molar-refractivity contribution < 1.29 is 8.42 Å². The number of hydrogen-bond donors (Lipinski definition) is 1. The van der Waals surface area contributed by atoms with Gasteiger partial charge in [-0.15, -0.1) is 0 Å². The highest BCUT2D eigenvalue weighted by Crippen LogP contribution is 2.30. The van der Waals surface area contributed by atoms with Crippen molar-refractivity contribution in [1.29, 1.82) is 5.26 Å². The third-order valence-electron chi connectivity index (χ3n) is 4.08. The third kappa shape index (κ3) is 3.35. The van der Waals surface area contributed by atoms with Gasteiger partial charge in [0.15, 0.2) is 0 Å². The maximum Gasteiger partial charge on any atom is 0.242 e. The van der Waals surface area contributed by atoms with Crippen molar-refractivity contribution in [2.75, 3.05) is 0 Å². The zero-order valence-electron chi connectivity index (χ0n) is 11.7. The second kappa shape index (κ2) is 5.90. The zero-order chi connectivity index (χ0) is 14.8. The Balaban J connectivity index is 2.09. The van der Waals surface area contributed by atoms with Crippen molar-refractivity contribution >= 4 is 10.0 Å². The highest BCUT2D eigenvalue weighted by molar-refractivity contribution is 7.89. The van der Waals surface area contributed by atoms with Gasteiger partial charge in [0.2, 0.25) is 10.0 Å². The van der Waals surface area contributed by atoms with Crippen molar-refractivity contribution in [2.45, 2.75) is 44.0 Å². The number of hydrogen-bond acceptors (Lipinski definition) is 4. The molecule has 3 atom stereocenters. The average molecular weight is 293 g/mol. The summed E-state index contributed by atoms with van der Waals surface area (Å²) in [6.45, 7) is 4.37. The first-order chi connectivity index (χ1) is 9.42. The molecular formula is C14H19N3O2S. The second-order valence-electron chi connectivity index (χ2n) is 5.58. The van der Waals surface area contributed by atoms with E-state index < -0.39 is 10.0 Å². The largest absolute Gasteiger partial charge is 0.244 e. The quantitative estimate of drug-likeness (QED) is 0.924. The fourth-order valence-electron chi connectivity index (χ4n) is 2.55. The van der Waals surface area contributed by atoms with Crippen LogP contribution < -0.4 is 4.72 Å². The van der Waals surface area contributed by atoms with Crippen LogP contribution in [0, 0.1) is 23.2 Å². The van der Waals surface area contributed by atoms with Gasteiger partial charge in [-0.25, -0.2) is 18.1 Å². The van der Waals surface area contributed by atoms with Crippen molar-refractivity contribution in [3.63, 3.8) is 0 Å². The van der Waals surface area contributed by atoms with Gasteiger partial charge in [-0.2, -0.15) is 5.26 Å². The molecule has 1 fully saturated rings. The second-order valence-corrected chi connectivity index (χ2v) is 7.29. The van der Waals surface area contributed by atoms with Gasteiger partial charge in [0.25, 0.3) is 0 Å². The molecule has 1 aromatic heterocycles. The Labute approximate surface area is 120 Å². The molecule has 1 N–H and O–H groups in total. The van der Waals surface area contributed by atoms with Crippen LogP contribution in [0.1, 0.15) is 38.8 Å². The monoisotopic (exact) mass is 293 g/mol. The van der Waals surface area contributed by atoms with Crippen LogP contribution in [0.5, 0.6) is 0 Å². The molecule has 0 aromatic carbocycles. The standard InChI is InChI=1S/C14H19N3O2S/c1-10-3-4-12(7-11(10)2)17-20(18,19)14-6-5-13(8-15)16-9-14/h5-6,9-12,17H,3-4,7H2,1-2H3. The summed E-state index contributed by atoms with van der Waals surface area (Å²) >= 11 is 0. The molecule has 5 nitrogen and oxygen atoms in total. The van der Waals surface area contributed by atoms with Gasteiger partial charge in [-0.3, -0.25) is 0 Å². The SMILES string of the molecule is CC1CCC(NS(=O)(=O)c2ccc(C#N)nc2)CC1C. The van der Waals surface area contributed by atoms with Crippen LogP contribution >= 0.6 is 0 Å². The third-order valence-corrected chi connectivity index (χ3v) is 5.59. The van der Waals surface area contributed by atoms with Gasteiger partial charge in [-0.1, -0.05) is 13.8 Å². The lowest BCUT2D eigenvalue weighted by atomic mass is 9.79. The predicted octanol–water partition coefficient (Wildman–Crippen LogP) is 2.06. The molecule has 0 bridgehead atoms. The summed E-state index contributed by atoms with van der Waals surface area (Å²) in [5, 5.41) is 8.67. The van der Waals surface area contributed by atoms with Crippen LogP contribution in [0.4, 0.5) is 0 Å². The van der Waals surface area contributed by atoms with Gasteiger partial charge >= 0.3 is 0 Å². The molecule has 1 aromatic rings. The average Bonchev–Trinajstić information content (AvgIpc) is 2.43. The Morgan fingerprint density at radius 1 is 1.30 bits per heavy atom. The topological polar surface area (TPSA) is 82.9 Å². The van der Waals surface area contributed by atoms with Crippen LogP contribution in [0.3, 0.4) is 0 Å². The van der Waals surface area contributed by atoms with Crippen molar-refractivity contribution in [3.8, 4) is 6.07 Å². The van der Waals surface area contributed by atoms with Gasteiger partial charge in [0.1, 0.15) is 16.7 Å². The van der Waals surface area contributed by atoms with E-state index in [1.165, 1.54) is 18.3 Å². The maximum atomic E-state index is 12.3. The minimum Gasteiger partial charge on any atom is -0.244 e. The minimum absolute atomic E-state index is 0.0122. The lowest BCUT2D eigenvalue weighted by Gasteiger charge is -2.32. The molecule has 0 radical (unpaired) electrons. The number of sulfonamides is 1. The highest BCUT2D eigenvalue weighted by Gasteiger charge is 2.28. The Morgan fingerprint density at radius 2 is 2.05 bits per heavy atom. The first-order valence-electron chi connectivity index (χ1n) is 6.81. The number of rotatable bonds is 3. The normalized spacial score (nSPS) is 26.9. The number of nitrogens with zero attached hydrogens (tertiary/aromatic N) is 2. The molecule has 0 amide bonds. The summed E-state index contributed by atoms with van der Waals surface area (Å²) in [5.74, 6) is 1.17. The molecule has 1 saturated carbocycles. The van der Waals surface area contributed by atoms with Crippen LogP contribution in [0.2, 0.25) is 0 Å². The Morgan fingerprint density at radius 3 is 2.60 bits per heavy atom. The van der Waals surface area contributed by atoms with Crippen molar-refractivity contribution in [2.24, 2.45) is 11.8 Å². The molecule has 1 aliphatic rings. The smallest absolute Gasteiger partial charge is 0.242 e. The molecule has 6 heteroatoms. The molecule has 3 unspecified atom stereocenters. The highest BCUT2D eigenvalue weighted by atomic mass is 32.2. The molecule has 1 aliphatic carbocycles. The summed E-state index contributed by atoms with van der Waals surface area (Å²) in [4.78, 5) is 3.92. The first-order valence-corrected chi connectivity index (χ1v) is 8.29. The van der Waals surface area contributed by atoms with E-state index in [1.807, 2.05) is 6.07 Å². The number of aromatic nitrogens is 1. The molecule has 2 rings (SSSR count). The van der Waals surface area contributed by atoms with E-state index in [2.05, 4.69) is 23.6 Å². The van der Waals surface area contributed by atoms with E-state index in [0.29, 0.717) is 11.8 Å². The minimum atomic E-state index is -3.55. The summed E-state index contributed by atoms with van der Waals surface area (Å²) in [7, 11) is -3.55. The number of nitrogens with one attached hydrogen (secondary N) is 1. The number of nitriles is 1. The maximum absolute atomic E-state index is 12.3. The summed E-state index contributed by atoms with van der Waals surface area (Å²) in [6.07, 6.45) is 4.01. The van der Waals surface area contributed by atoms with Gasteiger partial charge in [0.05, 0.1) is 0 Å². The van der Waals surface area contributed by atoms with E-state index in [0.717, 1.165) is 19.3 Å². The van der Waals surface area contributed by atoms with Gasteiger partial charge in [0, 0.05) is 12.2 Å². The van der Waals surface area contributed by atoms with Gasteiger partial charge in [-0.05, 0) is 43.2 Å². The summed E-state index contributed by atoms with van der Waals surface area (Å²) < 4.78 is 27.3. The molecule has 1 heterocycles. The number of pyridine rings is 1. The first kappa shape index (κ1) is 14.9. The summed E-state index contributed by atoms with van der Waals surface area (Å²) in [6, 6.07) is 4.70. The zero-order valence-corrected chi connectivity index (χ0v) is 12.5. The molecule has 108 valence electrons. The lowest BCUT2D eigenvalue weighted by molar-refractivity contribution is 0.242. The molecule has 0 spiro atoms. The van der Waals surface area contributed by atoms with Crippen LogP contribution in [-0.2, 0) is 10.0 Å². The van der Waals surface area contributed by atoms with E-state index >= 15 is 0 Å².